The maximum absolute atomic E-state index is 12.7. The van der Waals surface area contributed by atoms with E-state index in [4.69, 9.17) is 0 Å². The summed E-state index contributed by atoms with van der Waals surface area (Å²) in [5.41, 5.74) is 0.956. The molecule has 0 radical (unpaired) electrons. The fourth-order valence-electron chi connectivity index (χ4n) is 3.00. The molecule has 0 unspecified atom stereocenters. The van der Waals surface area contributed by atoms with Gasteiger partial charge in [-0.3, -0.25) is 9.52 Å². The van der Waals surface area contributed by atoms with Gasteiger partial charge in [0.2, 0.25) is 10.0 Å². The molecular weight excluding hydrogens is 342 g/mol. The Morgan fingerprint density at radius 2 is 1.96 bits per heavy atom. The number of benzene rings is 1. The zero-order valence-electron chi connectivity index (χ0n) is 14.4. The van der Waals surface area contributed by atoms with Crippen molar-refractivity contribution < 1.29 is 13.2 Å². The van der Waals surface area contributed by atoms with Gasteiger partial charge in [0.05, 0.1) is 18.3 Å². The first kappa shape index (κ1) is 17.4. The average Bonchev–Trinajstić information content (AvgIpc) is 2.96. The molecule has 1 aliphatic rings. The highest BCUT2D eigenvalue weighted by atomic mass is 32.2. The van der Waals surface area contributed by atoms with E-state index in [1.54, 1.807) is 36.1 Å². The maximum Gasteiger partial charge on any atom is 0.254 e. The summed E-state index contributed by atoms with van der Waals surface area (Å²) in [6.07, 6.45) is 0. The van der Waals surface area contributed by atoms with Gasteiger partial charge in [0, 0.05) is 17.8 Å². The molecule has 8 nitrogen and oxygen atoms in total. The summed E-state index contributed by atoms with van der Waals surface area (Å²) in [4.78, 5) is 14.5. The normalized spacial score (nSPS) is 17.2. The number of sulfonamides is 1. The van der Waals surface area contributed by atoms with Crippen LogP contribution < -0.4 is 4.72 Å². The highest BCUT2D eigenvalue weighted by molar-refractivity contribution is 7.92. The number of aromatic nitrogens is 3. The van der Waals surface area contributed by atoms with Gasteiger partial charge in [-0.2, -0.15) is 0 Å². The van der Waals surface area contributed by atoms with Gasteiger partial charge < -0.3 is 9.47 Å². The van der Waals surface area contributed by atoms with Gasteiger partial charge >= 0.3 is 0 Å². The summed E-state index contributed by atoms with van der Waals surface area (Å²) in [5.74, 6) is 1.52. The van der Waals surface area contributed by atoms with Gasteiger partial charge in [-0.05, 0) is 45.0 Å². The fourth-order valence-corrected chi connectivity index (χ4v) is 3.64. The number of carbonyl (C=O) groups excluding carboxylic acids is 1. The van der Waals surface area contributed by atoms with Crippen molar-refractivity contribution in [2.24, 2.45) is 0 Å². The Balaban J connectivity index is 1.76. The van der Waals surface area contributed by atoms with Crippen molar-refractivity contribution in [1.29, 1.82) is 0 Å². The number of rotatable bonds is 4. The molecule has 0 bridgehead atoms. The van der Waals surface area contributed by atoms with Gasteiger partial charge in [0.15, 0.2) is 5.82 Å². The van der Waals surface area contributed by atoms with Crippen LogP contribution in [0.15, 0.2) is 24.3 Å². The SMILES string of the molecule is CCS(=O)(=O)Nc1ccc(C(=O)N2Cc3nnc(C)n3[C@H](C)C2)cc1. The lowest BCUT2D eigenvalue weighted by Gasteiger charge is -2.32. The molecule has 0 saturated heterocycles. The minimum Gasteiger partial charge on any atom is -0.329 e. The summed E-state index contributed by atoms with van der Waals surface area (Å²) in [5, 5.41) is 8.22. The number of anilines is 1. The summed E-state index contributed by atoms with van der Waals surface area (Å²) >= 11 is 0. The van der Waals surface area contributed by atoms with Crippen LogP contribution in [0.5, 0.6) is 0 Å². The van der Waals surface area contributed by atoms with Crippen LogP contribution in [-0.2, 0) is 16.6 Å². The van der Waals surface area contributed by atoms with Gasteiger partial charge in [0.25, 0.3) is 5.91 Å². The summed E-state index contributed by atoms with van der Waals surface area (Å²) in [6.45, 7) is 6.49. The molecule has 1 aliphatic heterocycles. The zero-order valence-corrected chi connectivity index (χ0v) is 15.2. The van der Waals surface area contributed by atoms with Crippen LogP contribution >= 0.6 is 0 Å². The number of aryl methyl sites for hydroxylation is 1. The van der Waals surface area contributed by atoms with E-state index < -0.39 is 10.0 Å². The predicted molar refractivity (Wildman–Crippen MR) is 93.7 cm³/mol. The first-order valence-electron chi connectivity index (χ1n) is 8.11. The Morgan fingerprint density at radius 1 is 1.28 bits per heavy atom. The molecule has 2 aromatic rings. The zero-order chi connectivity index (χ0) is 18.2. The molecular formula is C16H21N5O3S. The fraction of sp³-hybridized carbons (Fsp3) is 0.438. The molecule has 1 amide bonds. The Kier molecular flexibility index (Phi) is 4.51. The second-order valence-corrected chi connectivity index (χ2v) is 8.16. The summed E-state index contributed by atoms with van der Waals surface area (Å²) < 4.78 is 27.7. The van der Waals surface area contributed by atoms with E-state index in [0.29, 0.717) is 24.3 Å². The number of nitrogens with zero attached hydrogens (tertiary/aromatic N) is 4. The van der Waals surface area contributed by atoms with E-state index in [9.17, 15) is 13.2 Å². The van der Waals surface area contributed by atoms with Crippen molar-refractivity contribution in [2.45, 2.75) is 33.4 Å². The van der Waals surface area contributed by atoms with Crippen molar-refractivity contribution in [3.8, 4) is 0 Å². The summed E-state index contributed by atoms with van der Waals surface area (Å²) in [6, 6.07) is 6.57. The molecule has 0 saturated carbocycles. The molecule has 1 N–H and O–H groups in total. The number of hydrogen-bond donors (Lipinski definition) is 1. The first-order chi connectivity index (χ1) is 11.8. The van der Waals surface area contributed by atoms with E-state index >= 15 is 0 Å². The molecule has 2 heterocycles. The highest BCUT2D eigenvalue weighted by Gasteiger charge is 2.28. The molecule has 3 rings (SSSR count). The van der Waals surface area contributed by atoms with Crippen LogP contribution in [0.3, 0.4) is 0 Å². The van der Waals surface area contributed by atoms with E-state index in [-0.39, 0.29) is 17.7 Å². The quantitative estimate of drug-likeness (QED) is 0.889. The molecule has 0 fully saturated rings. The van der Waals surface area contributed by atoms with Crippen LogP contribution in [0, 0.1) is 6.92 Å². The van der Waals surface area contributed by atoms with E-state index in [1.807, 2.05) is 18.4 Å². The predicted octanol–water partition coefficient (Wildman–Crippen LogP) is 1.57. The molecule has 134 valence electrons. The van der Waals surface area contributed by atoms with E-state index in [1.165, 1.54) is 0 Å². The number of nitrogens with one attached hydrogen (secondary N) is 1. The molecule has 0 spiro atoms. The average molecular weight is 363 g/mol. The van der Waals surface area contributed by atoms with Gasteiger partial charge in [-0.15, -0.1) is 10.2 Å². The molecule has 1 aromatic heterocycles. The van der Waals surface area contributed by atoms with Crippen molar-refractivity contribution in [3.05, 3.63) is 41.5 Å². The standard InChI is InChI=1S/C16H21N5O3S/c1-4-25(23,24)19-14-7-5-13(6-8-14)16(22)20-9-11(2)21-12(3)17-18-15(21)10-20/h5-8,11,19H,4,9-10H2,1-3H3/t11-/m1/s1. The largest absolute Gasteiger partial charge is 0.329 e. The lowest BCUT2D eigenvalue weighted by Crippen LogP contribution is -2.40. The van der Waals surface area contributed by atoms with Gasteiger partial charge in [-0.25, -0.2) is 8.42 Å². The number of fused-ring (bicyclic) bond motifs is 1. The highest BCUT2D eigenvalue weighted by Crippen LogP contribution is 2.23. The minimum absolute atomic E-state index is 0.000548. The molecule has 25 heavy (non-hydrogen) atoms. The second-order valence-electron chi connectivity index (χ2n) is 6.15. The monoisotopic (exact) mass is 363 g/mol. The Bertz CT molecular complexity index is 889. The van der Waals surface area contributed by atoms with Crippen LogP contribution in [0.4, 0.5) is 5.69 Å². The number of carbonyl (C=O) groups is 1. The van der Waals surface area contributed by atoms with Crippen molar-refractivity contribution in [1.82, 2.24) is 19.7 Å². The third kappa shape index (κ3) is 3.51. The number of hydrogen-bond acceptors (Lipinski definition) is 5. The lowest BCUT2D eigenvalue weighted by molar-refractivity contribution is 0.0680. The van der Waals surface area contributed by atoms with E-state index in [0.717, 1.165) is 11.6 Å². The van der Waals surface area contributed by atoms with Crippen LogP contribution in [0.25, 0.3) is 0 Å². The van der Waals surface area contributed by atoms with Crippen LogP contribution in [0.1, 0.15) is 41.9 Å². The Hall–Kier alpha value is -2.42. The van der Waals surface area contributed by atoms with Crippen molar-refractivity contribution in [3.63, 3.8) is 0 Å². The van der Waals surface area contributed by atoms with Gasteiger partial charge in [-0.1, -0.05) is 0 Å². The van der Waals surface area contributed by atoms with E-state index in [2.05, 4.69) is 14.9 Å². The van der Waals surface area contributed by atoms with Crippen LogP contribution in [-0.4, -0.2) is 46.3 Å². The van der Waals surface area contributed by atoms with Crippen molar-refractivity contribution in [2.75, 3.05) is 17.0 Å². The lowest BCUT2D eigenvalue weighted by atomic mass is 10.1. The maximum atomic E-state index is 12.7. The Labute approximate surface area is 146 Å². The Morgan fingerprint density at radius 3 is 2.60 bits per heavy atom. The third-order valence-electron chi connectivity index (χ3n) is 4.27. The second kappa shape index (κ2) is 6.47. The summed E-state index contributed by atoms with van der Waals surface area (Å²) in [7, 11) is -3.33. The molecule has 9 heteroatoms. The van der Waals surface area contributed by atoms with Crippen molar-refractivity contribution >= 4 is 21.6 Å². The first-order valence-corrected chi connectivity index (χ1v) is 9.76. The molecule has 0 aliphatic carbocycles. The minimum atomic E-state index is -3.33. The smallest absolute Gasteiger partial charge is 0.254 e. The van der Waals surface area contributed by atoms with Gasteiger partial charge in [0.1, 0.15) is 5.82 Å². The van der Waals surface area contributed by atoms with Crippen LogP contribution in [0.2, 0.25) is 0 Å². The molecule has 1 atom stereocenters. The third-order valence-corrected chi connectivity index (χ3v) is 5.57. The molecule has 1 aromatic carbocycles. The topological polar surface area (TPSA) is 97.2 Å². The number of amides is 1.